The zero-order chi connectivity index (χ0) is 19.2. The first-order chi connectivity index (χ1) is 13.1. The highest BCUT2D eigenvalue weighted by Crippen LogP contribution is 2.36. The maximum absolute atomic E-state index is 12.8. The zero-order valence-electron chi connectivity index (χ0n) is 14.6. The van der Waals surface area contributed by atoms with Gasteiger partial charge in [0.2, 0.25) is 0 Å². The number of hydrogen-bond acceptors (Lipinski definition) is 6. The number of hydrogen-bond donors (Lipinski definition) is 1. The summed E-state index contributed by atoms with van der Waals surface area (Å²) in [6.07, 6.45) is 3.93. The van der Waals surface area contributed by atoms with Crippen molar-refractivity contribution in [1.29, 1.82) is 0 Å². The van der Waals surface area contributed by atoms with Gasteiger partial charge < -0.3 is 14.5 Å². The van der Waals surface area contributed by atoms with Gasteiger partial charge in [-0.05, 0) is 36.8 Å². The van der Waals surface area contributed by atoms with E-state index in [2.05, 4.69) is 5.32 Å². The van der Waals surface area contributed by atoms with Gasteiger partial charge in [0.1, 0.15) is 5.76 Å². The molecule has 8 heteroatoms. The molecule has 2 heterocycles. The molecule has 0 radical (unpaired) electrons. The smallest absolute Gasteiger partial charge is 0.270 e. The van der Waals surface area contributed by atoms with Crippen LogP contribution in [0.5, 0.6) is 0 Å². The first-order valence-corrected chi connectivity index (χ1v) is 9.51. The molecule has 0 atom stereocenters. The first kappa shape index (κ1) is 19.3. The normalized spacial score (nSPS) is 15.6. The van der Waals surface area contributed by atoms with E-state index in [1.165, 1.54) is 16.7 Å². The first-order valence-electron chi connectivity index (χ1n) is 8.29. The molecule has 1 fully saturated rings. The molecule has 6 nitrogen and oxygen atoms in total. The molecular formula is C19H18N2O4S2. The summed E-state index contributed by atoms with van der Waals surface area (Å²) in [5.74, 6) is 0.142. The topological polar surface area (TPSA) is 71.8 Å². The molecule has 1 aliphatic rings. The number of amides is 2. The Labute approximate surface area is 166 Å². The zero-order valence-corrected chi connectivity index (χ0v) is 16.3. The van der Waals surface area contributed by atoms with E-state index in [-0.39, 0.29) is 11.8 Å². The molecule has 3 rings (SSSR count). The van der Waals surface area contributed by atoms with E-state index in [0.29, 0.717) is 39.4 Å². The van der Waals surface area contributed by atoms with Crippen molar-refractivity contribution >= 4 is 51.9 Å². The molecule has 0 saturated carbocycles. The predicted molar refractivity (Wildman–Crippen MR) is 110 cm³/mol. The average molecular weight is 402 g/mol. The maximum atomic E-state index is 12.8. The number of anilines is 1. The van der Waals surface area contributed by atoms with Crippen LogP contribution in [0.25, 0.3) is 6.08 Å². The molecule has 1 aromatic carbocycles. The van der Waals surface area contributed by atoms with Crippen LogP contribution < -0.4 is 10.2 Å². The Balaban J connectivity index is 1.75. The number of nitrogens with one attached hydrogen (secondary N) is 1. The summed E-state index contributed by atoms with van der Waals surface area (Å²) >= 11 is 6.57. The molecule has 0 aliphatic carbocycles. The number of furan rings is 1. The largest absolute Gasteiger partial charge is 0.465 e. The second-order valence-electron chi connectivity index (χ2n) is 5.69. The van der Waals surface area contributed by atoms with Crippen LogP contribution >= 0.6 is 24.0 Å². The number of carbonyl (C=O) groups is 2. The number of methoxy groups -OCH3 is 1. The summed E-state index contributed by atoms with van der Waals surface area (Å²) in [6.45, 7) is 1.10. The number of thiocarbonyl (C=S) groups is 1. The van der Waals surface area contributed by atoms with Gasteiger partial charge in [-0.25, -0.2) is 0 Å². The highest BCUT2D eigenvalue weighted by atomic mass is 32.2. The molecule has 27 heavy (non-hydrogen) atoms. The molecule has 2 amide bonds. The molecule has 1 saturated heterocycles. The second-order valence-corrected chi connectivity index (χ2v) is 7.36. The van der Waals surface area contributed by atoms with Crippen LogP contribution in [0.4, 0.5) is 5.69 Å². The van der Waals surface area contributed by atoms with Crippen LogP contribution in [-0.2, 0) is 9.53 Å². The Morgan fingerprint density at radius 1 is 1.37 bits per heavy atom. The van der Waals surface area contributed by atoms with E-state index in [9.17, 15) is 9.59 Å². The predicted octanol–water partition coefficient (Wildman–Crippen LogP) is 3.45. The Hall–Kier alpha value is -2.42. The van der Waals surface area contributed by atoms with Gasteiger partial charge in [0, 0.05) is 31.9 Å². The van der Waals surface area contributed by atoms with Gasteiger partial charge in [0.15, 0.2) is 4.32 Å². The second kappa shape index (κ2) is 8.98. The van der Waals surface area contributed by atoms with E-state index in [4.69, 9.17) is 21.4 Å². The van der Waals surface area contributed by atoms with Crippen LogP contribution in [0, 0.1) is 0 Å². The Kier molecular flexibility index (Phi) is 6.44. The van der Waals surface area contributed by atoms with Gasteiger partial charge >= 0.3 is 0 Å². The number of ether oxygens (including phenoxy) is 1. The van der Waals surface area contributed by atoms with E-state index in [0.717, 1.165) is 6.42 Å². The van der Waals surface area contributed by atoms with E-state index < -0.39 is 0 Å². The molecule has 140 valence electrons. The maximum Gasteiger partial charge on any atom is 0.270 e. The Morgan fingerprint density at radius 2 is 2.22 bits per heavy atom. The monoisotopic (exact) mass is 402 g/mol. The van der Waals surface area contributed by atoms with Crippen molar-refractivity contribution in [2.75, 3.05) is 25.2 Å². The fourth-order valence-electron chi connectivity index (χ4n) is 2.50. The van der Waals surface area contributed by atoms with Crippen LogP contribution in [0.3, 0.4) is 0 Å². The van der Waals surface area contributed by atoms with E-state index in [1.807, 2.05) is 0 Å². The lowest BCUT2D eigenvalue weighted by Crippen LogP contribution is -2.29. The minimum atomic E-state index is -0.237. The van der Waals surface area contributed by atoms with Crippen LogP contribution in [0.2, 0.25) is 0 Å². The van der Waals surface area contributed by atoms with Gasteiger partial charge in [-0.2, -0.15) is 0 Å². The van der Waals surface area contributed by atoms with Crippen molar-refractivity contribution in [3.63, 3.8) is 0 Å². The van der Waals surface area contributed by atoms with Crippen LogP contribution in [0.15, 0.2) is 52.0 Å². The molecule has 1 N–H and O–H groups in total. The van der Waals surface area contributed by atoms with Crippen molar-refractivity contribution in [3.05, 3.63) is 58.9 Å². The molecule has 0 bridgehead atoms. The van der Waals surface area contributed by atoms with Crippen molar-refractivity contribution in [2.24, 2.45) is 0 Å². The fraction of sp³-hybridized carbons (Fsp3) is 0.211. The summed E-state index contributed by atoms with van der Waals surface area (Å²) in [5.41, 5.74) is 1.03. The third kappa shape index (κ3) is 4.65. The van der Waals surface area contributed by atoms with Gasteiger partial charge in [0.05, 0.1) is 16.9 Å². The molecule has 0 unspecified atom stereocenters. The minimum Gasteiger partial charge on any atom is -0.465 e. The summed E-state index contributed by atoms with van der Waals surface area (Å²) in [6, 6.07) is 10.4. The summed E-state index contributed by atoms with van der Waals surface area (Å²) < 4.78 is 10.6. The molecule has 1 aromatic heterocycles. The quantitative estimate of drug-likeness (QED) is 0.435. The fourth-order valence-corrected chi connectivity index (χ4v) is 3.78. The molecule has 1 aliphatic heterocycles. The Morgan fingerprint density at radius 3 is 2.96 bits per heavy atom. The number of thioether (sulfide) groups is 1. The van der Waals surface area contributed by atoms with Crippen molar-refractivity contribution in [1.82, 2.24) is 5.32 Å². The highest BCUT2D eigenvalue weighted by molar-refractivity contribution is 8.27. The average Bonchev–Trinajstić information content (AvgIpc) is 3.27. The summed E-state index contributed by atoms with van der Waals surface area (Å²) in [5, 5.41) is 2.83. The lowest BCUT2D eigenvalue weighted by atomic mass is 10.1. The summed E-state index contributed by atoms with van der Waals surface area (Å²) in [7, 11) is 1.62. The van der Waals surface area contributed by atoms with Gasteiger partial charge in [-0.3, -0.25) is 14.5 Å². The lowest BCUT2D eigenvalue weighted by Gasteiger charge is -2.15. The van der Waals surface area contributed by atoms with Gasteiger partial charge in [-0.15, -0.1) is 0 Å². The number of carbonyl (C=O) groups excluding carboxylic acids is 2. The number of benzene rings is 1. The molecule has 2 aromatic rings. The van der Waals surface area contributed by atoms with E-state index in [1.54, 1.807) is 55.8 Å². The highest BCUT2D eigenvalue weighted by Gasteiger charge is 2.33. The van der Waals surface area contributed by atoms with Crippen molar-refractivity contribution < 1.29 is 18.7 Å². The van der Waals surface area contributed by atoms with Crippen molar-refractivity contribution in [2.45, 2.75) is 6.42 Å². The lowest BCUT2D eigenvalue weighted by molar-refractivity contribution is -0.113. The third-order valence-corrected chi connectivity index (χ3v) is 5.09. The van der Waals surface area contributed by atoms with Gasteiger partial charge in [-0.1, -0.05) is 30.0 Å². The van der Waals surface area contributed by atoms with E-state index >= 15 is 0 Å². The molecule has 0 spiro atoms. The standard InChI is InChI=1S/C19H18N2O4S2/c1-24-9-4-8-20-17(22)13-5-2-6-14(11-13)21-18(23)16(27-19(21)26)12-15-7-3-10-25-15/h2-3,5-7,10-12H,4,8-9H2,1H3,(H,20,22)/b16-12-. The van der Waals surface area contributed by atoms with Gasteiger partial charge in [0.25, 0.3) is 11.8 Å². The SMILES string of the molecule is COCCCNC(=O)c1cccc(N2C(=O)/C(=C/c3ccco3)SC2=S)c1. The van der Waals surface area contributed by atoms with Crippen LogP contribution in [0.1, 0.15) is 22.5 Å². The number of rotatable bonds is 7. The van der Waals surface area contributed by atoms with Crippen LogP contribution in [-0.4, -0.2) is 36.4 Å². The summed E-state index contributed by atoms with van der Waals surface area (Å²) in [4.78, 5) is 27.0. The Bertz CT molecular complexity index is 878. The third-order valence-electron chi connectivity index (χ3n) is 3.79. The number of nitrogens with zero attached hydrogens (tertiary/aromatic N) is 1. The molecular weight excluding hydrogens is 384 g/mol. The van der Waals surface area contributed by atoms with Crippen molar-refractivity contribution in [3.8, 4) is 0 Å². The minimum absolute atomic E-state index is 0.204.